The van der Waals surface area contributed by atoms with Crippen LogP contribution >= 0.6 is 0 Å². The molecule has 1 aliphatic carbocycles. The number of aromatic nitrogens is 2. The van der Waals surface area contributed by atoms with Gasteiger partial charge in [0, 0.05) is 44.4 Å². The zero-order valence-corrected chi connectivity index (χ0v) is 16.3. The van der Waals surface area contributed by atoms with E-state index < -0.39 is 0 Å². The van der Waals surface area contributed by atoms with Crippen molar-refractivity contribution in [2.24, 2.45) is 11.8 Å². The topological polar surface area (TPSA) is 50.6 Å². The first kappa shape index (κ1) is 18.0. The first-order valence-corrected chi connectivity index (χ1v) is 9.66. The Bertz CT molecular complexity index is 818. The quantitative estimate of drug-likeness (QED) is 0.814. The number of likely N-dealkylation sites (tertiary alicyclic amines) is 1. The van der Waals surface area contributed by atoms with Crippen molar-refractivity contribution in [2.45, 2.75) is 31.8 Å². The van der Waals surface area contributed by atoms with E-state index in [1.165, 1.54) is 12.0 Å². The van der Waals surface area contributed by atoms with Crippen molar-refractivity contribution < 1.29 is 9.53 Å². The number of benzene rings is 1. The lowest BCUT2D eigenvalue weighted by Crippen LogP contribution is -2.39. The highest BCUT2D eigenvalue weighted by molar-refractivity contribution is 5.77. The van der Waals surface area contributed by atoms with Gasteiger partial charge in [-0.1, -0.05) is 12.1 Å². The molecule has 27 heavy (non-hydrogen) atoms. The fourth-order valence-electron chi connectivity index (χ4n) is 4.66. The fourth-order valence-corrected chi connectivity index (χ4v) is 4.66. The van der Waals surface area contributed by atoms with Crippen LogP contribution in [0, 0.1) is 11.8 Å². The van der Waals surface area contributed by atoms with Crippen molar-refractivity contribution in [3.63, 3.8) is 0 Å². The van der Waals surface area contributed by atoms with Crippen LogP contribution in [0.2, 0.25) is 0 Å². The Morgan fingerprint density at radius 1 is 1.26 bits per heavy atom. The van der Waals surface area contributed by atoms with Crippen LogP contribution in [-0.2, 0) is 11.3 Å². The van der Waals surface area contributed by atoms with Gasteiger partial charge in [-0.3, -0.25) is 9.69 Å². The van der Waals surface area contributed by atoms with E-state index >= 15 is 0 Å². The van der Waals surface area contributed by atoms with E-state index in [1.807, 2.05) is 47.1 Å². The molecule has 1 amide bonds. The van der Waals surface area contributed by atoms with Crippen molar-refractivity contribution in [2.75, 3.05) is 27.7 Å². The van der Waals surface area contributed by atoms with Crippen LogP contribution in [0.15, 0.2) is 36.7 Å². The highest BCUT2D eigenvalue weighted by Gasteiger charge is 2.41. The minimum Gasteiger partial charge on any atom is -0.494 e. The molecule has 0 bridgehead atoms. The molecule has 0 spiro atoms. The highest BCUT2D eigenvalue weighted by atomic mass is 16.5. The number of rotatable bonds is 5. The van der Waals surface area contributed by atoms with Gasteiger partial charge in [-0.2, -0.15) is 5.10 Å². The largest absolute Gasteiger partial charge is 0.494 e. The van der Waals surface area contributed by atoms with Crippen LogP contribution in [0.4, 0.5) is 0 Å². The third-order valence-electron chi connectivity index (χ3n) is 6.21. The maximum Gasteiger partial charge on any atom is 0.222 e. The number of carbonyl (C=O) groups excluding carboxylic acids is 1. The van der Waals surface area contributed by atoms with E-state index in [2.05, 4.69) is 23.2 Å². The number of para-hydroxylation sites is 2. The number of methoxy groups -OCH3 is 1. The van der Waals surface area contributed by atoms with Gasteiger partial charge in [-0.15, -0.1) is 0 Å². The summed E-state index contributed by atoms with van der Waals surface area (Å²) in [5.41, 5.74) is 2.13. The molecule has 0 radical (unpaired) electrons. The Morgan fingerprint density at radius 2 is 2.04 bits per heavy atom. The van der Waals surface area contributed by atoms with Crippen LogP contribution < -0.4 is 4.74 Å². The molecule has 6 heteroatoms. The van der Waals surface area contributed by atoms with Gasteiger partial charge < -0.3 is 9.64 Å². The highest BCUT2D eigenvalue weighted by Crippen LogP contribution is 2.40. The van der Waals surface area contributed by atoms with Crippen LogP contribution in [0.25, 0.3) is 5.69 Å². The first-order valence-electron chi connectivity index (χ1n) is 9.66. The summed E-state index contributed by atoms with van der Waals surface area (Å²) in [7, 11) is 5.80. The second-order valence-electron chi connectivity index (χ2n) is 8.00. The number of carbonyl (C=O) groups is 1. The molecule has 2 fully saturated rings. The molecule has 1 saturated carbocycles. The molecule has 2 heterocycles. The molecule has 1 aromatic heterocycles. The molecule has 144 valence electrons. The van der Waals surface area contributed by atoms with Gasteiger partial charge in [0.05, 0.1) is 13.3 Å². The average Bonchev–Trinajstić information content (AvgIpc) is 3.29. The standard InChI is InChI=1S/C21H28N4O2/c1-23(18-8-16-10-21(26)24(2)14-17(16)9-18)12-15-11-22-25(13-15)19-6-4-5-7-20(19)27-3/h4-7,11,13,16-18H,8-10,12,14H2,1-3H3/t16-,17+,18-/m0/s1. The molecular formula is C21H28N4O2. The predicted octanol–water partition coefficient (Wildman–Crippen LogP) is 2.57. The smallest absolute Gasteiger partial charge is 0.222 e. The molecule has 2 aliphatic rings. The summed E-state index contributed by atoms with van der Waals surface area (Å²) in [6.07, 6.45) is 7.04. The van der Waals surface area contributed by atoms with Crippen LogP contribution in [-0.4, -0.2) is 59.3 Å². The molecule has 3 atom stereocenters. The van der Waals surface area contributed by atoms with Gasteiger partial charge in [-0.05, 0) is 43.9 Å². The van der Waals surface area contributed by atoms with Gasteiger partial charge in [0.15, 0.2) is 0 Å². The molecule has 1 aliphatic heterocycles. The fraction of sp³-hybridized carbons (Fsp3) is 0.524. The van der Waals surface area contributed by atoms with Crippen molar-refractivity contribution in [3.05, 3.63) is 42.2 Å². The Morgan fingerprint density at radius 3 is 2.85 bits per heavy atom. The average molecular weight is 368 g/mol. The number of fused-ring (bicyclic) bond motifs is 1. The molecule has 2 aromatic rings. The second kappa shape index (κ2) is 7.35. The monoisotopic (exact) mass is 368 g/mol. The third-order valence-corrected chi connectivity index (χ3v) is 6.21. The Kier molecular flexibility index (Phi) is 4.91. The first-order chi connectivity index (χ1) is 13.0. The summed E-state index contributed by atoms with van der Waals surface area (Å²) >= 11 is 0. The van der Waals surface area contributed by atoms with Crippen molar-refractivity contribution in [1.82, 2.24) is 19.6 Å². The van der Waals surface area contributed by atoms with Crippen LogP contribution in [0.5, 0.6) is 5.75 Å². The summed E-state index contributed by atoms with van der Waals surface area (Å²) in [6, 6.07) is 8.44. The second-order valence-corrected chi connectivity index (χ2v) is 8.00. The molecule has 0 unspecified atom stereocenters. The molecule has 1 aromatic carbocycles. The summed E-state index contributed by atoms with van der Waals surface area (Å²) in [5, 5.41) is 4.53. The molecule has 4 rings (SSSR count). The minimum absolute atomic E-state index is 0.303. The normalized spacial score (nSPS) is 25.1. The number of piperidine rings is 1. The number of hydrogen-bond acceptors (Lipinski definition) is 4. The van der Waals surface area contributed by atoms with Gasteiger partial charge in [-0.25, -0.2) is 4.68 Å². The third kappa shape index (κ3) is 3.58. The van der Waals surface area contributed by atoms with Crippen molar-refractivity contribution >= 4 is 5.91 Å². The summed E-state index contributed by atoms with van der Waals surface area (Å²) < 4.78 is 7.32. The van der Waals surface area contributed by atoms with Gasteiger partial charge >= 0.3 is 0 Å². The zero-order valence-electron chi connectivity index (χ0n) is 16.3. The van der Waals surface area contributed by atoms with E-state index in [1.54, 1.807) is 7.11 Å². The maximum absolute atomic E-state index is 12.0. The van der Waals surface area contributed by atoms with Gasteiger partial charge in [0.2, 0.25) is 5.91 Å². The summed E-state index contributed by atoms with van der Waals surface area (Å²) in [5.74, 6) is 2.32. The number of ether oxygens (including phenoxy) is 1. The Labute approximate surface area is 160 Å². The SMILES string of the molecule is COc1ccccc1-n1cc(CN(C)[C@H]2C[C@H]3CC(=O)N(C)C[C@H]3C2)cn1. The van der Waals surface area contributed by atoms with Gasteiger partial charge in [0.25, 0.3) is 0 Å². The molecule has 6 nitrogen and oxygen atoms in total. The van der Waals surface area contributed by atoms with Crippen molar-refractivity contribution in [1.29, 1.82) is 0 Å². The number of nitrogens with zero attached hydrogens (tertiary/aromatic N) is 4. The van der Waals surface area contributed by atoms with E-state index in [-0.39, 0.29) is 0 Å². The summed E-state index contributed by atoms with van der Waals surface area (Å²) in [6.45, 7) is 1.78. The molecule has 1 saturated heterocycles. The van der Waals surface area contributed by atoms with E-state index in [0.29, 0.717) is 23.8 Å². The number of hydrogen-bond donors (Lipinski definition) is 0. The molecular weight excluding hydrogens is 340 g/mol. The predicted molar refractivity (Wildman–Crippen MR) is 104 cm³/mol. The lowest BCUT2D eigenvalue weighted by molar-refractivity contribution is -0.134. The van der Waals surface area contributed by atoms with Gasteiger partial charge in [0.1, 0.15) is 11.4 Å². The molecule has 0 N–H and O–H groups in total. The minimum atomic E-state index is 0.303. The lowest BCUT2D eigenvalue weighted by atomic mass is 9.88. The van der Waals surface area contributed by atoms with E-state index in [4.69, 9.17) is 4.74 Å². The maximum atomic E-state index is 12.0. The van der Waals surface area contributed by atoms with Crippen LogP contribution in [0.3, 0.4) is 0 Å². The summed E-state index contributed by atoms with van der Waals surface area (Å²) in [4.78, 5) is 16.3. The Balaban J connectivity index is 1.42. The van der Waals surface area contributed by atoms with E-state index in [0.717, 1.165) is 37.4 Å². The Hall–Kier alpha value is -2.34. The number of amides is 1. The van der Waals surface area contributed by atoms with Crippen molar-refractivity contribution in [3.8, 4) is 11.4 Å². The van der Waals surface area contributed by atoms with E-state index in [9.17, 15) is 4.79 Å². The zero-order chi connectivity index (χ0) is 19.0. The lowest BCUT2D eigenvalue weighted by Gasteiger charge is -2.31. The van der Waals surface area contributed by atoms with Crippen LogP contribution in [0.1, 0.15) is 24.8 Å².